The maximum Gasteiger partial charge on any atom is 0.415 e. The molecule has 0 bridgehead atoms. The van der Waals surface area contributed by atoms with Gasteiger partial charge in [0.1, 0.15) is 5.39 Å². The van der Waals surface area contributed by atoms with Crippen molar-refractivity contribution in [3.05, 3.63) is 51.3 Å². The molecule has 3 aromatic rings. The van der Waals surface area contributed by atoms with Gasteiger partial charge in [-0.1, -0.05) is 6.07 Å². The van der Waals surface area contributed by atoms with Gasteiger partial charge in [-0.05, 0) is 23.8 Å². The minimum absolute atomic E-state index is 0.404. The van der Waals surface area contributed by atoms with E-state index in [1.54, 1.807) is 45.7 Å². The number of fused-ring (bicyclic) bond motifs is 1. The average Bonchev–Trinajstić information content (AvgIpc) is 2.58. The highest BCUT2D eigenvalue weighted by Gasteiger charge is 2.17. The summed E-state index contributed by atoms with van der Waals surface area (Å²) in [5.41, 5.74) is 1.02. The molecule has 0 saturated carbocycles. The van der Waals surface area contributed by atoms with Crippen molar-refractivity contribution in [1.82, 2.24) is 9.55 Å². The fraction of sp³-hybridized carbons (Fsp3) is 0.188. The van der Waals surface area contributed by atoms with Crippen LogP contribution in [0.4, 0.5) is 0 Å². The van der Waals surface area contributed by atoms with Crippen molar-refractivity contribution in [3.63, 3.8) is 0 Å². The van der Waals surface area contributed by atoms with Crippen LogP contribution >= 0.6 is 0 Å². The summed E-state index contributed by atoms with van der Waals surface area (Å²) >= 11 is 0. The minimum atomic E-state index is -0.469. The minimum Gasteiger partial charge on any atom is -0.493 e. The maximum atomic E-state index is 12.3. The van der Waals surface area contributed by atoms with E-state index in [4.69, 9.17) is 9.47 Å². The number of pyridine rings is 1. The summed E-state index contributed by atoms with van der Waals surface area (Å²) in [6.45, 7) is 0. The quantitative estimate of drug-likeness (QED) is 0.772. The molecule has 3 rings (SSSR count). The zero-order chi connectivity index (χ0) is 16.6. The van der Waals surface area contributed by atoms with Gasteiger partial charge in [0.2, 0.25) is 0 Å². The third-order valence-corrected chi connectivity index (χ3v) is 3.76. The van der Waals surface area contributed by atoms with Crippen molar-refractivity contribution >= 4 is 11.0 Å². The van der Waals surface area contributed by atoms with E-state index in [-0.39, 0.29) is 0 Å². The molecule has 0 radical (unpaired) electrons. The summed E-state index contributed by atoms with van der Waals surface area (Å²) in [5.74, 6) is 1.16. The molecule has 0 saturated heterocycles. The Hall–Kier alpha value is -3.09. The molecule has 0 unspecified atom stereocenters. The zero-order valence-corrected chi connectivity index (χ0v) is 13.0. The van der Waals surface area contributed by atoms with Crippen LogP contribution in [0, 0.1) is 0 Å². The molecule has 2 aromatic heterocycles. The fourth-order valence-corrected chi connectivity index (χ4v) is 2.57. The van der Waals surface area contributed by atoms with Gasteiger partial charge in [0.15, 0.2) is 11.5 Å². The van der Waals surface area contributed by atoms with Crippen LogP contribution < -0.4 is 25.7 Å². The Kier molecular flexibility index (Phi) is 3.61. The van der Waals surface area contributed by atoms with Gasteiger partial charge in [-0.25, -0.2) is 9.78 Å². The summed E-state index contributed by atoms with van der Waals surface area (Å²) in [6.07, 6.45) is 1.69. The number of hydrogen-bond acceptors (Lipinski definition) is 4. The van der Waals surface area contributed by atoms with Gasteiger partial charge in [0.25, 0.3) is 11.2 Å². The highest BCUT2D eigenvalue weighted by Crippen LogP contribution is 2.33. The first kappa shape index (κ1) is 14.8. The smallest absolute Gasteiger partial charge is 0.415 e. The van der Waals surface area contributed by atoms with Crippen molar-refractivity contribution in [3.8, 4) is 22.6 Å². The van der Waals surface area contributed by atoms with Gasteiger partial charge in [0, 0.05) is 5.56 Å². The van der Waals surface area contributed by atoms with Gasteiger partial charge >= 0.3 is 5.69 Å². The highest BCUT2D eigenvalue weighted by molar-refractivity contribution is 5.90. The topological polar surface area (TPSA) is 87.5 Å². The van der Waals surface area contributed by atoms with Crippen LogP contribution in [0.25, 0.3) is 22.2 Å². The Morgan fingerprint density at radius 2 is 1.83 bits per heavy atom. The molecule has 0 spiro atoms. The summed E-state index contributed by atoms with van der Waals surface area (Å²) in [4.78, 5) is 29.3. The van der Waals surface area contributed by atoms with Crippen LogP contribution in [-0.2, 0) is 7.05 Å². The summed E-state index contributed by atoms with van der Waals surface area (Å²) in [7, 11) is 4.70. The Morgan fingerprint density at radius 3 is 2.52 bits per heavy atom. The lowest BCUT2D eigenvalue weighted by atomic mass is 10.0. The third-order valence-electron chi connectivity index (χ3n) is 3.76. The van der Waals surface area contributed by atoms with Crippen LogP contribution in [-0.4, -0.2) is 23.8 Å². The van der Waals surface area contributed by atoms with Crippen molar-refractivity contribution in [1.29, 1.82) is 0 Å². The molecule has 118 valence electrons. The number of hydrogen-bond donors (Lipinski definition) is 1. The van der Waals surface area contributed by atoms with Gasteiger partial charge in [0.05, 0.1) is 27.5 Å². The molecule has 0 aliphatic carbocycles. The van der Waals surface area contributed by atoms with Crippen molar-refractivity contribution in [2.24, 2.45) is 7.05 Å². The lowest BCUT2D eigenvalue weighted by Crippen LogP contribution is -2.32. The average molecular weight is 314 g/mol. The van der Waals surface area contributed by atoms with Gasteiger partial charge in [-0.2, -0.15) is 4.57 Å². The second kappa shape index (κ2) is 5.60. The second-order valence-electron chi connectivity index (χ2n) is 5.00. The molecule has 1 aromatic carbocycles. The zero-order valence-electron chi connectivity index (χ0n) is 13.0. The second-order valence-corrected chi connectivity index (χ2v) is 5.00. The number of ether oxygens (including phenoxy) is 2. The molecule has 2 heterocycles. The molecule has 7 nitrogen and oxygen atoms in total. The van der Waals surface area contributed by atoms with E-state index >= 15 is 0 Å². The number of rotatable bonds is 3. The summed E-state index contributed by atoms with van der Waals surface area (Å²) in [6, 6.07) is 7.18. The molecule has 0 atom stereocenters. The van der Waals surface area contributed by atoms with E-state index in [0.29, 0.717) is 28.1 Å². The molecule has 2 N–H and O–H groups in total. The van der Waals surface area contributed by atoms with Crippen LogP contribution in [0.1, 0.15) is 0 Å². The van der Waals surface area contributed by atoms with Crippen molar-refractivity contribution in [2.75, 3.05) is 14.2 Å². The van der Waals surface area contributed by atoms with E-state index < -0.39 is 11.2 Å². The van der Waals surface area contributed by atoms with Crippen LogP contribution in [0.15, 0.2) is 40.1 Å². The summed E-state index contributed by atoms with van der Waals surface area (Å²) < 4.78 is 11.9. The number of aromatic nitrogens is 3. The first-order valence-electron chi connectivity index (χ1n) is 6.93. The van der Waals surface area contributed by atoms with E-state index in [9.17, 15) is 9.59 Å². The first-order valence-corrected chi connectivity index (χ1v) is 6.93. The maximum absolute atomic E-state index is 12.3. The molecule has 0 fully saturated rings. The van der Waals surface area contributed by atoms with Crippen LogP contribution in [0.2, 0.25) is 0 Å². The first-order chi connectivity index (χ1) is 11.1. The van der Waals surface area contributed by atoms with Gasteiger partial charge < -0.3 is 9.47 Å². The SMILES string of the molecule is COc1ccc(-c2cc[nH+]c3c2c(=O)[nH]c(=O)n3C)cc1OC. The van der Waals surface area contributed by atoms with E-state index in [2.05, 4.69) is 9.97 Å². The van der Waals surface area contributed by atoms with E-state index in [1.165, 1.54) is 4.57 Å². The Balaban J connectivity index is 2.36. The van der Waals surface area contributed by atoms with Crippen LogP contribution in [0.3, 0.4) is 0 Å². The fourth-order valence-electron chi connectivity index (χ4n) is 2.57. The summed E-state index contributed by atoms with van der Waals surface area (Å²) in [5, 5.41) is 0.404. The van der Waals surface area contributed by atoms with Crippen LogP contribution in [0.5, 0.6) is 11.5 Å². The molecule has 0 aliphatic heterocycles. The highest BCUT2D eigenvalue weighted by atomic mass is 16.5. The Morgan fingerprint density at radius 1 is 1.09 bits per heavy atom. The lowest BCUT2D eigenvalue weighted by Gasteiger charge is -2.10. The number of benzene rings is 1. The van der Waals surface area contributed by atoms with E-state index in [0.717, 1.165) is 5.56 Å². The number of aryl methyl sites for hydroxylation is 1. The largest absolute Gasteiger partial charge is 0.493 e. The standard InChI is InChI=1S/C16H15N3O4/c1-19-14-13(15(20)18-16(19)21)10(6-7-17-14)9-4-5-11(22-2)12(8-9)23-3/h4-8H,1-3H3,(H,18,20,21)/p+1. The Bertz CT molecular complexity index is 1000. The lowest BCUT2D eigenvalue weighted by molar-refractivity contribution is -0.349. The molecule has 23 heavy (non-hydrogen) atoms. The monoisotopic (exact) mass is 314 g/mol. The number of H-pyrrole nitrogens is 2. The third kappa shape index (κ3) is 2.36. The Labute approximate surface area is 131 Å². The predicted octanol–water partition coefficient (Wildman–Crippen LogP) is 0.725. The van der Waals surface area contributed by atoms with Crippen molar-refractivity contribution in [2.45, 2.75) is 0 Å². The molecule has 7 heteroatoms. The molecular formula is C16H16N3O4+. The van der Waals surface area contributed by atoms with Crippen molar-refractivity contribution < 1.29 is 14.5 Å². The molecule has 0 aliphatic rings. The van der Waals surface area contributed by atoms with E-state index in [1.807, 2.05) is 6.07 Å². The number of nitrogens with one attached hydrogen (secondary N) is 2. The molecule has 0 amide bonds. The number of methoxy groups -OCH3 is 2. The normalized spacial score (nSPS) is 10.7. The van der Waals surface area contributed by atoms with Gasteiger partial charge in [-0.15, -0.1) is 0 Å². The molecular weight excluding hydrogens is 298 g/mol. The van der Waals surface area contributed by atoms with Gasteiger partial charge in [-0.3, -0.25) is 9.78 Å². The number of aromatic amines is 2. The predicted molar refractivity (Wildman–Crippen MR) is 84.9 cm³/mol. The number of nitrogens with zero attached hydrogens (tertiary/aromatic N) is 1.